The van der Waals surface area contributed by atoms with E-state index in [9.17, 15) is 0 Å². The lowest BCUT2D eigenvalue weighted by molar-refractivity contribution is 1.31. The highest BCUT2D eigenvalue weighted by Crippen LogP contribution is 2.25. The second kappa shape index (κ2) is 3.20. The summed E-state index contributed by atoms with van der Waals surface area (Å²) in [6.45, 7) is 0. The number of hydrogen-bond acceptors (Lipinski definition) is 2. The fourth-order valence-corrected chi connectivity index (χ4v) is 1.74. The first-order valence-corrected chi connectivity index (χ1v) is 4.77. The van der Waals surface area contributed by atoms with Crippen LogP contribution in [0, 0.1) is 0 Å². The molecule has 0 fully saturated rings. The Bertz CT molecular complexity index is 579. The number of nitrogens with one attached hydrogen (secondary N) is 1. The summed E-state index contributed by atoms with van der Waals surface area (Å²) in [4.78, 5) is 11.5. The van der Waals surface area contributed by atoms with Crippen molar-refractivity contribution >= 4 is 10.9 Å². The van der Waals surface area contributed by atoms with Gasteiger partial charge in [0.25, 0.3) is 0 Å². The highest BCUT2D eigenvalue weighted by atomic mass is 14.9. The first-order valence-electron chi connectivity index (χ1n) is 4.77. The van der Waals surface area contributed by atoms with Crippen LogP contribution in [0.2, 0.25) is 0 Å². The van der Waals surface area contributed by atoms with Gasteiger partial charge in [-0.15, -0.1) is 0 Å². The maximum absolute atomic E-state index is 4.32. The fraction of sp³-hybridized carbons (Fsp3) is 0. The Morgan fingerprint density at radius 3 is 2.93 bits per heavy atom. The van der Waals surface area contributed by atoms with E-state index in [1.165, 1.54) is 0 Å². The van der Waals surface area contributed by atoms with Crippen LogP contribution in [-0.4, -0.2) is 15.0 Å². The highest BCUT2D eigenvalue weighted by Gasteiger charge is 2.03. The Morgan fingerprint density at radius 1 is 1.07 bits per heavy atom. The van der Waals surface area contributed by atoms with E-state index < -0.39 is 0 Å². The number of aromatic amines is 1. The maximum Gasteiger partial charge on any atom is 0.0924 e. The van der Waals surface area contributed by atoms with Gasteiger partial charge in [-0.2, -0.15) is 0 Å². The molecule has 0 atom stereocenters. The van der Waals surface area contributed by atoms with Crippen molar-refractivity contribution in [3.05, 3.63) is 49.1 Å². The molecular weight excluding hydrogens is 186 g/mol. The van der Waals surface area contributed by atoms with Gasteiger partial charge in [0.05, 0.1) is 23.7 Å². The lowest BCUT2D eigenvalue weighted by Gasteiger charge is -2.02. The molecule has 1 N–H and O–H groups in total. The van der Waals surface area contributed by atoms with Crippen molar-refractivity contribution in [2.75, 3.05) is 0 Å². The van der Waals surface area contributed by atoms with Crippen molar-refractivity contribution < 1.29 is 0 Å². The normalized spacial score (nSPS) is 10.7. The second-order valence-corrected chi connectivity index (χ2v) is 3.34. The average Bonchev–Trinajstić information content (AvgIpc) is 2.82. The Morgan fingerprint density at radius 2 is 2.07 bits per heavy atom. The van der Waals surface area contributed by atoms with Crippen molar-refractivity contribution in [3.63, 3.8) is 0 Å². The Kier molecular flexibility index (Phi) is 1.75. The summed E-state index contributed by atoms with van der Waals surface area (Å²) in [5.74, 6) is 0. The molecule has 2 heterocycles. The molecule has 0 aliphatic carbocycles. The van der Waals surface area contributed by atoms with E-state index in [1.54, 1.807) is 12.5 Å². The molecule has 0 aliphatic rings. The maximum atomic E-state index is 4.32. The summed E-state index contributed by atoms with van der Waals surface area (Å²) in [5, 5.41) is 1.14. The van der Waals surface area contributed by atoms with Crippen LogP contribution < -0.4 is 0 Å². The third kappa shape index (κ3) is 1.29. The number of fused-ring (bicyclic) bond motifs is 1. The largest absolute Gasteiger partial charge is 0.345 e. The van der Waals surface area contributed by atoms with E-state index in [0.29, 0.717) is 0 Å². The molecular formula is C12H9N3. The zero-order valence-electron chi connectivity index (χ0n) is 8.01. The van der Waals surface area contributed by atoms with Crippen LogP contribution >= 0.6 is 0 Å². The second-order valence-electron chi connectivity index (χ2n) is 3.34. The Hall–Kier alpha value is -2.16. The quantitative estimate of drug-likeness (QED) is 0.648. The molecule has 15 heavy (non-hydrogen) atoms. The lowest BCUT2D eigenvalue weighted by atomic mass is 10.1. The van der Waals surface area contributed by atoms with Gasteiger partial charge in [0.1, 0.15) is 0 Å². The van der Waals surface area contributed by atoms with Crippen LogP contribution in [-0.2, 0) is 0 Å². The van der Waals surface area contributed by atoms with Crippen molar-refractivity contribution in [1.82, 2.24) is 15.0 Å². The van der Waals surface area contributed by atoms with Gasteiger partial charge in [0.2, 0.25) is 0 Å². The van der Waals surface area contributed by atoms with E-state index in [0.717, 1.165) is 22.2 Å². The van der Waals surface area contributed by atoms with E-state index >= 15 is 0 Å². The molecule has 3 rings (SSSR count). The summed E-state index contributed by atoms with van der Waals surface area (Å²) >= 11 is 0. The lowest BCUT2D eigenvalue weighted by Crippen LogP contribution is -1.82. The van der Waals surface area contributed by atoms with Crippen molar-refractivity contribution in [2.45, 2.75) is 0 Å². The summed E-state index contributed by atoms with van der Waals surface area (Å²) < 4.78 is 0. The number of benzene rings is 1. The number of hydrogen-bond donors (Lipinski definition) is 1. The molecule has 0 saturated heterocycles. The molecule has 1 aromatic carbocycles. The zero-order valence-corrected chi connectivity index (χ0v) is 8.01. The van der Waals surface area contributed by atoms with Crippen LogP contribution in [0.3, 0.4) is 0 Å². The monoisotopic (exact) mass is 195 g/mol. The van der Waals surface area contributed by atoms with Crippen LogP contribution in [0.5, 0.6) is 0 Å². The van der Waals surface area contributed by atoms with Crippen LogP contribution in [0.1, 0.15) is 0 Å². The zero-order chi connectivity index (χ0) is 10.1. The molecule has 0 amide bonds. The smallest absolute Gasteiger partial charge is 0.0924 e. The van der Waals surface area contributed by atoms with E-state index in [1.807, 2.05) is 24.4 Å². The van der Waals surface area contributed by atoms with Gasteiger partial charge >= 0.3 is 0 Å². The van der Waals surface area contributed by atoms with Gasteiger partial charge in [-0.25, -0.2) is 4.98 Å². The molecule has 0 aliphatic heterocycles. The highest BCUT2D eigenvalue weighted by molar-refractivity contribution is 5.93. The van der Waals surface area contributed by atoms with Gasteiger partial charge in [-0.1, -0.05) is 18.2 Å². The SMILES string of the molecule is c1cc(-c2cnc[nH]2)c2cccnc2c1. The third-order valence-electron chi connectivity index (χ3n) is 2.43. The number of nitrogens with zero attached hydrogens (tertiary/aromatic N) is 2. The first-order chi connectivity index (χ1) is 7.45. The minimum absolute atomic E-state index is 1.00. The standard InChI is InChI=1S/C12H9N3/c1-3-10(12-7-13-8-15-12)9-4-2-6-14-11(9)5-1/h1-8H,(H,13,15). The van der Waals surface area contributed by atoms with E-state index in [4.69, 9.17) is 0 Å². The molecule has 0 unspecified atom stereocenters. The molecule has 0 saturated carbocycles. The van der Waals surface area contributed by atoms with Gasteiger partial charge in [0.15, 0.2) is 0 Å². The molecule has 3 nitrogen and oxygen atoms in total. The molecule has 0 spiro atoms. The summed E-state index contributed by atoms with van der Waals surface area (Å²) in [7, 11) is 0. The van der Waals surface area contributed by atoms with Crippen LogP contribution in [0.4, 0.5) is 0 Å². The fourth-order valence-electron chi connectivity index (χ4n) is 1.74. The number of pyridine rings is 1. The van der Waals surface area contributed by atoms with Gasteiger partial charge in [0, 0.05) is 17.1 Å². The third-order valence-corrected chi connectivity index (χ3v) is 2.43. The number of imidazole rings is 1. The van der Waals surface area contributed by atoms with Crippen LogP contribution in [0.25, 0.3) is 22.2 Å². The number of aromatic nitrogens is 3. The minimum atomic E-state index is 1.00. The van der Waals surface area contributed by atoms with Crippen molar-refractivity contribution in [2.24, 2.45) is 0 Å². The van der Waals surface area contributed by atoms with Crippen molar-refractivity contribution in [3.8, 4) is 11.3 Å². The van der Waals surface area contributed by atoms with E-state index in [2.05, 4.69) is 27.1 Å². The van der Waals surface area contributed by atoms with Crippen molar-refractivity contribution in [1.29, 1.82) is 0 Å². The average molecular weight is 195 g/mol. The molecule has 72 valence electrons. The minimum Gasteiger partial charge on any atom is -0.345 e. The summed E-state index contributed by atoms with van der Waals surface area (Å²) in [6, 6.07) is 10.1. The summed E-state index contributed by atoms with van der Waals surface area (Å²) in [6.07, 6.45) is 5.31. The first kappa shape index (κ1) is 8.17. The molecule has 0 radical (unpaired) electrons. The molecule has 0 bridgehead atoms. The summed E-state index contributed by atoms with van der Waals surface area (Å²) in [5.41, 5.74) is 3.16. The van der Waals surface area contributed by atoms with E-state index in [-0.39, 0.29) is 0 Å². The van der Waals surface area contributed by atoms with Crippen LogP contribution in [0.15, 0.2) is 49.1 Å². The number of rotatable bonds is 1. The van der Waals surface area contributed by atoms with Gasteiger partial charge in [-0.3, -0.25) is 4.98 Å². The Balaban J connectivity index is 2.36. The number of H-pyrrole nitrogens is 1. The Labute approximate surface area is 86.8 Å². The molecule has 3 aromatic rings. The molecule has 3 heteroatoms. The molecule has 2 aromatic heterocycles. The predicted molar refractivity (Wildman–Crippen MR) is 59.3 cm³/mol. The topological polar surface area (TPSA) is 41.6 Å². The van der Waals surface area contributed by atoms with Gasteiger partial charge < -0.3 is 4.98 Å². The predicted octanol–water partition coefficient (Wildman–Crippen LogP) is 2.62. The van der Waals surface area contributed by atoms with Gasteiger partial charge in [-0.05, 0) is 12.1 Å².